The van der Waals surface area contributed by atoms with Gasteiger partial charge in [-0.3, -0.25) is 29.4 Å². The van der Waals surface area contributed by atoms with Crippen molar-refractivity contribution in [1.82, 2.24) is 4.90 Å². The lowest BCUT2D eigenvalue weighted by molar-refractivity contribution is -0.385. The Balaban J connectivity index is 1.62. The van der Waals surface area contributed by atoms with Crippen LogP contribution in [0.1, 0.15) is 37.9 Å². The molecule has 0 N–H and O–H groups in total. The molecule has 1 fully saturated rings. The third-order valence-electron chi connectivity index (χ3n) is 6.08. The normalized spacial score (nSPS) is 19.3. The second-order valence-electron chi connectivity index (χ2n) is 8.02. The Bertz CT molecular complexity index is 1420. The summed E-state index contributed by atoms with van der Waals surface area (Å²) in [7, 11) is 0. The number of carbonyl (C=O) groups excluding carboxylic acids is 3. The summed E-state index contributed by atoms with van der Waals surface area (Å²) in [5.74, 6) is -1.99. The van der Waals surface area contributed by atoms with Crippen LogP contribution in [-0.4, -0.2) is 33.6 Å². The number of hydrogen-bond acceptors (Lipinski definition) is 5. The van der Waals surface area contributed by atoms with E-state index in [1.807, 2.05) is 37.3 Å². The Morgan fingerprint density at radius 3 is 2.29 bits per heavy atom. The molecule has 3 amide bonds. The zero-order valence-electron chi connectivity index (χ0n) is 17.6. The van der Waals surface area contributed by atoms with Gasteiger partial charge in [-0.1, -0.05) is 50.1 Å². The molecule has 170 valence electrons. The van der Waals surface area contributed by atoms with Crippen molar-refractivity contribution in [2.75, 3.05) is 4.90 Å². The average Bonchev–Trinajstić information content (AvgIpc) is 3.05. The summed E-state index contributed by atoms with van der Waals surface area (Å²) in [6.07, 6.45) is 0. The van der Waals surface area contributed by atoms with Crippen molar-refractivity contribution in [3.63, 3.8) is 0 Å². The maximum absolute atomic E-state index is 13.5. The molecule has 1 saturated heterocycles. The monoisotopic (exact) mass is 583 g/mol. The van der Waals surface area contributed by atoms with Gasteiger partial charge in [0.2, 0.25) is 0 Å². The average molecular weight is 585 g/mol. The van der Waals surface area contributed by atoms with E-state index >= 15 is 0 Å². The van der Waals surface area contributed by atoms with Gasteiger partial charge < -0.3 is 4.90 Å². The van der Waals surface area contributed by atoms with Crippen molar-refractivity contribution in [2.24, 2.45) is 0 Å². The number of imide groups is 1. The highest BCUT2D eigenvalue weighted by molar-refractivity contribution is 9.10. The SMILES string of the molecule is Cc1cc(N2C(=O)[C@@H](N3C(=O)c4cccc([N+](=O)[O-])c4C3=O)[C@@H]2c2cccc(Br)c2)ccc1Br. The maximum Gasteiger partial charge on any atom is 0.282 e. The molecule has 5 rings (SSSR count). The van der Waals surface area contributed by atoms with Crippen molar-refractivity contribution in [2.45, 2.75) is 19.0 Å². The number of carbonyl (C=O) groups is 3. The highest BCUT2D eigenvalue weighted by atomic mass is 79.9. The Morgan fingerprint density at radius 1 is 0.882 bits per heavy atom. The first-order chi connectivity index (χ1) is 16.2. The quantitative estimate of drug-likeness (QED) is 0.182. The number of β-lactam (4-membered cyclic amide) rings is 1. The number of aryl methyl sites for hydroxylation is 1. The van der Waals surface area contributed by atoms with Crippen molar-refractivity contribution in [3.8, 4) is 0 Å². The Labute approximate surface area is 210 Å². The molecule has 10 heteroatoms. The van der Waals surface area contributed by atoms with Crippen molar-refractivity contribution in [3.05, 3.63) is 102 Å². The van der Waals surface area contributed by atoms with Gasteiger partial charge in [-0.2, -0.15) is 0 Å². The van der Waals surface area contributed by atoms with E-state index in [-0.39, 0.29) is 11.1 Å². The summed E-state index contributed by atoms with van der Waals surface area (Å²) >= 11 is 6.90. The molecule has 2 aliphatic rings. The Morgan fingerprint density at radius 2 is 1.62 bits per heavy atom. The first kappa shape index (κ1) is 22.4. The number of nitrogens with zero attached hydrogens (tertiary/aromatic N) is 3. The van der Waals surface area contributed by atoms with Gasteiger partial charge in [0, 0.05) is 20.7 Å². The lowest BCUT2D eigenvalue weighted by atomic mass is 9.86. The molecule has 0 aliphatic carbocycles. The number of nitro groups is 1. The van der Waals surface area contributed by atoms with Crippen LogP contribution < -0.4 is 4.90 Å². The maximum atomic E-state index is 13.5. The molecular formula is C24H15Br2N3O5. The van der Waals surface area contributed by atoms with Crippen molar-refractivity contribution in [1.29, 1.82) is 0 Å². The fraction of sp³-hybridized carbons (Fsp3) is 0.125. The van der Waals surface area contributed by atoms with Crippen molar-refractivity contribution < 1.29 is 19.3 Å². The zero-order chi connectivity index (χ0) is 24.3. The number of benzene rings is 3. The number of amides is 3. The molecule has 3 aromatic carbocycles. The fourth-order valence-electron chi connectivity index (χ4n) is 4.50. The number of anilines is 1. The molecule has 0 bridgehead atoms. The van der Waals surface area contributed by atoms with Gasteiger partial charge in [-0.05, 0) is 54.4 Å². The van der Waals surface area contributed by atoms with Crippen LogP contribution in [-0.2, 0) is 4.79 Å². The van der Waals surface area contributed by atoms with Crippen LogP contribution in [0.2, 0.25) is 0 Å². The minimum Gasteiger partial charge on any atom is -0.300 e. The predicted molar refractivity (Wildman–Crippen MR) is 131 cm³/mol. The number of nitro benzene ring substituents is 1. The van der Waals surface area contributed by atoms with Gasteiger partial charge in [0.1, 0.15) is 11.6 Å². The first-order valence-corrected chi connectivity index (χ1v) is 11.8. The number of fused-ring (bicyclic) bond motifs is 1. The highest BCUT2D eigenvalue weighted by Crippen LogP contribution is 2.46. The van der Waals surface area contributed by atoms with E-state index in [1.165, 1.54) is 18.2 Å². The van der Waals surface area contributed by atoms with Crippen LogP contribution in [0.4, 0.5) is 11.4 Å². The van der Waals surface area contributed by atoms with Crippen LogP contribution in [0, 0.1) is 17.0 Å². The van der Waals surface area contributed by atoms with Crippen LogP contribution in [0.5, 0.6) is 0 Å². The smallest absolute Gasteiger partial charge is 0.282 e. The molecule has 0 unspecified atom stereocenters. The minimum atomic E-state index is -1.13. The molecule has 2 atom stereocenters. The van der Waals surface area contributed by atoms with Gasteiger partial charge in [0.05, 0.1) is 16.5 Å². The van der Waals surface area contributed by atoms with Crippen molar-refractivity contribution >= 4 is 61.0 Å². The van der Waals surface area contributed by atoms with E-state index in [2.05, 4.69) is 31.9 Å². The summed E-state index contributed by atoms with van der Waals surface area (Å²) in [6.45, 7) is 1.90. The predicted octanol–water partition coefficient (Wildman–Crippen LogP) is 5.18. The summed E-state index contributed by atoms with van der Waals surface area (Å²) in [5.41, 5.74) is 1.44. The second kappa shape index (κ2) is 8.14. The van der Waals surface area contributed by atoms with Gasteiger partial charge in [0.25, 0.3) is 23.4 Å². The summed E-state index contributed by atoms with van der Waals surface area (Å²) in [5, 5.41) is 11.5. The second-order valence-corrected chi connectivity index (χ2v) is 9.79. The van der Waals surface area contributed by atoms with Crippen LogP contribution >= 0.6 is 31.9 Å². The third-order valence-corrected chi connectivity index (χ3v) is 7.46. The molecule has 0 spiro atoms. The van der Waals surface area contributed by atoms with E-state index in [0.29, 0.717) is 11.3 Å². The molecule has 3 aromatic rings. The number of rotatable bonds is 4. The molecular weight excluding hydrogens is 570 g/mol. The zero-order valence-corrected chi connectivity index (χ0v) is 20.7. The lowest BCUT2D eigenvalue weighted by Gasteiger charge is -2.49. The largest absolute Gasteiger partial charge is 0.300 e. The first-order valence-electron chi connectivity index (χ1n) is 10.2. The minimum absolute atomic E-state index is 0.0714. The lowest BCUT2D eigenvalue weighted by Crippen LogP contribution is -2.67. The molecule has 0 radical (unpaired) electrons. The van der Waals surface area contributed by atoms with Gasteiger partial charge in [-0.25, -0.2) is 0 Å². The molecule has 8 nitrogen and oxygen atoms in total. The number of hydrogen-bond donors (Lipinski definition) is 0. The van der Waals surface area contributed by atoms with Crippen LogP contribution in [0.3, 0.4) is 0 Å². The molecule has 0 aromatic heterocycles. The van der Waals surface area contributed by atoms with E-state index in [4.69, 9.17) is 0 Å². The molecule has 0 saturated carbocycles. The van der Waals surface area contributed by atoms with Crippen LogP contribution in [0.25, 0.3) is 0 Å². The van der Waals surface area contributed by atoms with Gasteiger partial charge in [0.15, 0.2) is 0 Å². The van der Waals surface area contributed by atoms with E-state index in [0.717, 1.165) is 19.4 Å². The fourth-order valence-corrected chi connectivity index (χ4v) is 5.17. The standard InChI is InChI=1S/C24H15Br2N3O5/c1-12-10-15(8-9-17(12)26)27-20(13-4-2-5-14(25)11-13)21(24(27)32)28-22(30)16-6-3-7-18(29(33)34)19(16)23(28)31/h2-11,20-21H,1H3/t20-,21-/m0/s1. The molecule has 2 heterocycles. The van der Waals surface area contributed by atoms with E-state index in [9.17, 15) is 24.5 Å². The summed E-state index contributed by atoms with van der Waals surface area (Å²) < 4.78 is 1.65. The van der Waals surface area contributed by atoms with Gasteiger partial charge in [-0.15, -0.1) is 0 Å². The Kier molecular flexibility index (Phi) is 5.37. The Hall–Kier alpha value is -3.37. The molecule has 2 aliphatic heterocycles. The topological polar surface area (TPSA) is 101 Å². The van der Waals surface area contributed by atoms with E-state index in [1.54, 1.807) is 17.0 Å². The van der Waals surface area contributed by atoms with Gasteiger partial charge >= 0.3 is 0 Å². The van der Waals surface area contributed by atoms with Crippen LogP contribution in [0.15, 0.2) is 69.6 Å². The number of halogens is 2. The molecule has 34 heavy (non-hydrogen) atoms. The summed E-state index contributed by atoms with van der Waals surface area (Å²) in [6, 6.07) is 14.8. The van der Waals surface area contributed by atoms with E-state index < -0.39 is 40.4 Å². The summed E-state index contributed by atoms with van der Waals surface area (Å²) in [4.78, 5) is 53.3. The highest BCUT2D eigenvalue weighted by Gasteiger charge is 2.58. The third kappa shape index (κ3) is 3.28.